The van der Waals surface area contributed by atoms with Crippen molar-refractivity contribution in [3.05, 3.63) is 100 Å². The SMILES string of the molecule is Cc1ccc(C[C@H](N)C(=O)N2CCn3c(nc(-c4ccc(F)cc4)c3Nc3ccc(Cl)c(F)c3)C2)cc1. The lowest BCUT2D eigenvalue weighted by molar-refractivity contribution is -0.134. The second kappa shape index (κ2) is 10.3. The summed E-state index contributed by atoms with van der Waals surface area (Å²) in [6.45, 7) is 3.18. The molecule has 6 nitrogen and oxygen atoms in total. The highest BCUT2D eigenvalue weighted by Crippen LogP contribution is 2.34. The summed E-state index contributed by atoms with van der Waals surface area (Å²) >= 11 is 5.85. The largest absolute Gasteiger partial charge is 0.340 e. The monoisotopic (exact) mass is 521 g/mol. The molecule has 0 saturated heterocycles. The Balaban J connectivity index is 1.42. The molecular weight excluding hydrogens is 496 g/mol. The van der Waals surface area contributed by atoms with Gasteiger partial charge in [0.2, 0.25) is 5.91 Å². The number of halogens is 3. The van der Waals surface area contributed by atoms with E-state index < -0.39 is 11.9 Å². The van der Waals surface area contributed by atoms with E-state index in [1.165, 1.54) is 24.3 Å². The van der Waals surface area contributed by atoms with E-state index in [-0.39, 0.29) is 23.3 Å². The quantitative estimate of drug-likeness (QED) is 0.354. The van der Waals surface area contributed by atoms with E-state index in [2.05, 4.69) is 5.32 Å². The van der Waals surface area contributed by atoms with Gasteiger partial charge in [0, 0.05) is 24.3 Å². The van der Waals surface area contributed by atoms with Crippen LogP contribution in [-0.4, -0.2) is 32.9 Å². The summed E-state index contributed by atoms with van der Waals surface area (Å²) in [5.41, 5.74) is 10.2. The summed E-state index contributed by atoms with van der Waals surface area (Å²) in [6.07, 6.45) is 0.444. The molecule has 5 rings (SSSR count). The number of carbonyl (C=O) groups is 1. The van der Waals surface area contributed by atoms with Gasteiger partial charge in [-0.15, -0.1) is 0 Å². The second-order valence-corrected chi connectivity index (χ2v) is 9.60. The lowest BCUT2D eigenvalue weighted by Crippen LogP contribution is -2.47. The van der Waals surface area contributed by atoms with Gasteiger partial charge in [-0.2, -0.15) is 0 Å². The third-order valence-electron chi connectivity index (χ3n) is 6.48. The lowest BCUT2D eigenvalue weighted by Gasteiger charge is -2.30. The maximum atomic E-state index is 14.1. The van der Waals surface area contributed by atoms with Crippen molar-refractivity contribution in [3.8, 4) is 11.3 Å². The highest BCUT2D eigenvalue weighted by Gasteiger charge is 2.29. The van der Waals surface area contributed by atoms with E-state index in [9.17, 15) is 13.6 Å². The minimum absolute atomic E-state index is 0.0238. The Morgan fingerprint density at radius 2 is 1.81 bits per heavy atom. The van der Waals surface area contributed by atoms with Gasteiger partial charge in [-0.25, -0.2) is 13.8 Å². The molecule has 0 unspecified atom stereocenters. The fourth-order valence-electron chi connectivity index (χ4n) is 4.47. The molecule has 0 saturated carbocycles. The maximum Gasteiger partial charge on any atom is 0.240 e. The molecule has 1 aliphatic heterocycles. The van der Waals surface area contributed by atoms with Gasteiger partial charge in [-0.1, -0.05) is 41.4 Å². The third-order valence-corrected chi connectivity index (χ3v) is 6.78. The Morgan fingerprint density at radius 1 is 1.08 bits per heavy atom. The van der Waals surface area contributed by atoms with Crippen molar-refractivity contribution in [1.82, 2.24) is 14.5 Å². The van der Waals surface area contributed by atoms with Gasteiger partial charge >= 0.3 is 0 Å². The Kier molecular flexibility index (Phi) is 6.95. The first-order valence-electron chi connectivity index (χ1n) is 12.0. The number of aryl methyl sites for hydroxylation is 1. The highest BCUT2D eigenvalue weighted by molar-refractivity contribution is 6.30. The topological polar surface area (TPSA) is 76.2 Å². The number of rotatable bonds is 6. The molecule has 4 aromatic rings. The maximum absolute atomic E-state index is 14.1. The zero-order valence-corrected chi connectivity index (χ0v) is 21.0. The number of imidazole rings is 1. The number of hydrogen-bond acceptors (Lipinski definition) is 4. The number of amides is 1. The van der Waals surface area contributed by atoms with Gasteiger partial charge in [-0.05, 0) is 61.4 Å². The number of nitrogens with zero attached hydrogens (tertiary/aromatic N) is 3. The van der Waals surface area contributed by atoms with Crippen LogP contribution in [0.4, 0.5) is 20.3 Å². The molecule has 9 heteroatoms. The number of hydrogen-bond donors (Lipinski definition) is 2. The van der Waals surface area contributed by atoms with Gasteiger partial charge in [-0.3, -0.25) is 4.79 Å². The Labute approximate surface area is 218 Å². The minimum atomic E-state index is -0.671. The van der Waals surface area contributed by atoms with Gasteiger partial charge in [0.1, 0.15) is 29.0 Å². The summed E-state index contributed by atoms with van der Waals surface area (Å²) in [6, 6.07) is 17.7. The molecule has 1 amide bonds. The molecule has 190 valence electrons. The van der Waals surface area contributed by atoms with E-state index in [1.807, 2.05) is 35.8 Å². The third kappa shape index (κ3) is 5.35. The van der Waals surface area contributed by atoms with Crippen LogP contribution in [0.1, 0.15) is 17.0 Å². The van der Waals surface area contributed by atoms with Crippen LogP contribution in [0.15, 0.2) is 66.7 Å². The van der Waals surface area contributed by atoms with Crippen molar-refractivity contribution in [2.75, 3.05) is 11.9 Å². The molecular formula is C28H26ClF2N5O. The van der Waals surface area contributed by atoms with Crippen LogP contribution in [0, 0.1) is 18.6 Å². The number of nitrogens with two attached hydrogens (primary N) is 1. The van der Waals surface area contributed by atoms with Crippen LogP contribution in [-0.2, 0) is 24.3 Å². The predicted octanol–water partition coefficient (Wildman–Crippen LogP) is 5.45. The van der Waals surface area contributed by atoms with Crippen molar-refractivity contribution < 1.29 is 13.6 Å². The normalized spacial score (nSPS) is 13.8. The Morgan fingerprint density at radius 3 is 2.51 bits per heavy atom. The van der Waals surface area contributed by atoms with Crippen molar-refractivity contribution in [2.45, 2.75) is 32.5 Å². The van der Waals surface area contributed by atoms with Crippen LogP contribution >= 0.6 is 11.6 Å². The van der Waals surface area contributed by atoms with E-state index >= 15 is 0 Å². The first kappa shape index (κ1) is 24.9. The Bertz CT molecular complexity index is 1440. The summed E-state index contributed by atoms with van der Waals surface area (Å²) in [7, 11) is 0. The van der Waals surface area contributed by atoms with Crippen LogP contribution < -0.4 is 11.1 Å². The molecule has 0 aliphatic carbocycles. The van der Waals surface area contributed by atoms with Gasteiger partial charge in [0.25, 0.3) is 0 Å². The summed E-state index contributed by atoms with van der Waals surface area (Å²) in [5, 5.41) is 3.27. The molecule has 1 atom stereocenters. The molecule has 37 heavy (non-hydrogen) atoms. The van der Waals surface area contributed by atoms with Gasteiger partial charge in [0.05, 0.1) is 17.6 Å². The fourth-order valence-corrected chi connectivity index (χ4v) is 4.58. The highest BCUT2D eigenvalue weighted by atomic mass is 35.5. The zero-order chi connectivity index (χ0) is 26.1. The number of carbonyl (C=O) groups excluding carboxylic acids is 1. The number of fused-ring (bicyclic) bond motifs is 1. The molecule has 0 radical (unpaired) electrons. The number of benzene rings is 3. The first-order chi connectivity index (χ1) is 17.8. The van der Waals surface area contributed by atoms with Crippen LogP contribution in [0.2, 0.25) is 5.02 Å². The summed E-state index contributed by atoms with van der Waals surface area (Å²) in [5.74, 6) is 0.222. The van der Waals surface area contributed by atoms with E-state index in [0.717, 1.165) is 11.1 Å². The van der Waals surface area contributed by atoms with E-state index in [0.29, 0.717) is 48.1 Å². The van der Waals surface area contributed by atoms with Crippen molar-refractivity contribution in [3.63, 3.8) is 0 Å². The second-order valence-electron chi connectivity index (χ2n) is 9.19. The van der Waals surface area contributed by atoms with Gasteiger partial charge < -0.3 is 20.5 Å². The van der Waals surface area contributed by atoms with Crippen LogP contribution in [0.5, 0.6) is 0 Å². The van der Waals surface area contributed by atoms with E-state index in [1.54, 1.807) is 23.1 Å². The van der Waals surface area contributed by atoms with Crippen molar-refractivity contribution >= 4 is 29.0 Å². The number of nitrogens with one attached hydrogen (secondary N) is 1. The molecule has 0 fully saturated rings. The number of anilines is 2. The van der Waals surface area contributed by atoms with Crippen LogP contribution in [0.25, 0.3) is 11.3 Å². The minimum Gasteiger partial charge on any atom is -0.340 e. The summed E-state index contributed by atoms with van der Waals surface area (Å²) < 4.78 is 29.7. The first-order valence-corrected chi connectivity index (χ1v) is 12.3. The molecule has 1 aromatic heterocycles. The van der Waals surface area contributed by atoms with E-state index in [4.69, 9.17) is 22.3 Å². The lowest BCUT2D eigenvalue weighted by atomic mass is 10.0. The molecule has 0 spiro atoms. The van der Waals surface area contributed by atoms with Crippen LogP contribution in [0.3, 0.4) is 0 Å². The van der Waals surface area contributed by atoms with Crippen molar-refractivity contribution in [1.29, 1.82) is 0 Å². The predicted molar refractivity (Wildman–Crippen MR) is 141 cm³/mol. The molecule has 1 aliphatic rings. The average Bonchev–Trinajstić information content (AvgIpc) is 3.25. The number of aromatic nitrogens is 2. The van der Waals surface area contributed by atoms with Crippen molar-refractivity contribution in [2.24, 2.45) is 5.73 Å². The Hall–Kier alpha value is -3.75. The smallest absolute Gasteiger partial charge is 0.240 e. The zero-order valence-electron chi connectivity index (χ0n) is 20.2. The molecule has 3 N–H and O–H groups in total. The standard InChI is InChI=1S/C28H26ClF2N5O/c1-17-2-4-18(5-3-17)14-24(32)28(37)35-12-13-36-25(16-35)34-26(19-6-8-20(30)9-7-19)27(36)33-21-10-11-22(29)23(31)15-21/h2-11,15,24,33H,12-14,16,32H2,1H3/t24-/m0/s1. The molecule has 3 aromatic carbocycles. The van der Waals surface area contributed by atoms with Gasteiger partial charge in [0.15, 0.2) is 0 Å². The average molecular weight is 522 g/mol. The summed E-state index contributed by atoms with van der Waals surface area (Å²) in [4.78, 5) is 19.7. The molecule has 2 heterocycles. The fraction of sp³-hybridized carbons (Fsp3) is 0.214. The molecule has 0 bridgehead atoms.